The molecule has 0 spiro atoms. The Morgan fingerprint density at radius 3 is 2.62 bits per heavy atom. The van der Waals surface area contributed by atoms with Crippen LogP contribution in [-0.2, 0) is 0 Å². The van der Waals surface area contributed by atoms with E-state index in [2.05, 4.69) is 5.32 Å². The van der Waals surface area contributed by atoms with Crippen molar-refractivity contribution < 1.29 is 0 Å². The van der Waals surface area contributed by atoms with Gasteiger partial charge in [0.25, 0.3) is 0 Å². The minimum absolute atomic E-state index is 0.239. The van der Waals surface area contributed by atoms with Crippen LogP contribution in [0.5, 0.6) is 0 Å². The van der Waals surface area contributed by atoms with E-state index in [1.165, 1.54) is 12.8 Å². The van der Waals surface area contributed by atoms with Gasteiger partial charge in [-0.2, -0.15) is 0 Å². The lowest BCUT2D eigenvalue weighted by molar-refractivity contribution is 0.582. The van der Waals surface area contributed by atoms with Gasteiger partial charge in [0, 0.05) is 5.54 Å². The lowest BCUT2D eigenvalue weighted by Crippen LogP contribution is -2.26. The number of rotatable bonds is 3. The Hall–Kier alpha value is -0.0800. The summed E-state index contributed by atoms with van der Waals surface area (Å²) in [5.74, 6) is 0. The van der Waals surface area contributed by atoms with Crippen LogP contribution < -0.4 is 11.1 Å². The molecule has 1 rings (SSSR count). The summed E-state index contributed by atoms with van der Waals surface area (Å²) in [6.07, 6.45) is 3.60. The quantitative estimate of drug-likeness (QED) is 0.545. The summed E-state index contributed by atoms with van der Waals surface area (Å²) in [4.78, 5) is 0. The molecule has 0 aromatic rings. The van der Waals surface area contributed by atoms with Crippen molar-refractivity contribution in [1.29, 1.82) is 0 Å². The summed E-state index contributed by atoms with van der Waals surface area (Å²) in [5.41, 5.74) is 6.03. The van der Waals surface area contributed by atoms with E-state index in [0.717, 1.165) is 13.0 Å². The first-order chi connectivity index (χ1) is 3.77. The highest BCUT2D eigenvalue weighted by Crippen LogP contribution is 2.34. The lowest BCUT2D eigenvalue weighted by atomic mass is 10.2. The summed E-state index contributed by atoms with van der Waals surface area (Å²) in [5, 5.41) is 3.08. The van der Waals surface area contributed by atoms with Gasteiger partial charge < -0.3 is 11.1 Å². The minimum atomic E-state index is 0.239. The molecule has 3 N–H and O–H groups in total. The number of hydrogen-bond donors (Lipinski definition) is 2. The van der Waals surface area contributed by atoms with Crippen LogP contribution in [0.1, 0.15) is 19.3 Å². The predicted octanol–water partition coefficient (Wildman–Crippen LogP) is 0.0872. The standard InChI is InChI=1S/C6H14N2/c1-8-5-4-6(7)2-3-6/h8H,2-5,7H2,1H3. The van der Waals surface area contributed by atoms with Crippen molar-refractivity contribution >= 4 is 0 Å². The van der Waals surface area contributed by atoms with Crippen LogP contribution in [0.2, 0.25) is 0 Å². The third-order valence-electron chi connectivity index (χ3n) is 1.77. The molecule has 1 fully saturated rings. The molecular formula is C6H14N2. The summed E-state index contributed by atoms with van der Waals surface area (Å²) in [6.45, 7) is 1.07. The zero-order valence-electron chi connectivity index (χ0n) is 5.41. The Bertz CT molecular complexity index is 76.6. The maximum atomic E-state index is 5.79. The Balaban J connectivity index is 2.01. The van der Waals surface area contributed by atoms with Crippen molar-refractivity contribution in [3.05, 3.63) is 0 Å². The van der Waals surface area contributed by atoms with Gasteiger partial charge in [0.05, 0.1) is 0 Å². The average molecular weight is 114 g/mol. The molecule has 0 aromatic carbocycles. The van der Waals surface area contributed by atoms with Gasteiger partial charge >= 0.3 is 0 Å². The van der Waals surface area contributed by atoms with Gasteiger partial charge in [-0.1, -0.05) is 0 Å². The SMILES string of the molecule is CNCCC1(N)CC1. The van der Waals surface area contributed by atoms with Crippen LogP contribution in [0, 0.1) is 0 Å². The fraction of sp³-hybridized carbons (Fsp3) is 1.00. The van der Waals surface area contributed by atoms with Crippen molar-refractivity contribution in [2.24, 2.45) is 5.73 Å². The van der Waals surface area contributed by atoms with Gasteiger partial charge in [-0.05, 0) is 32.9 Å². The van der Waals surface area contributed by atoms with E-state index < -0.39 is 0 Å². The summed E-state index contributed by atoms with van der Waals surface area (Å²) in [7, 11) is 1.96. The lowest BCUT2D eigenvalue weighted by Gasteiger charge is -2.05. The van der Waals surface area contributed by atoms with Crippen molar-refractivity contribution in [1.82, 2.24) is 5.32 Å². The van der Waals surface area contributed by atoms with Crippen molar-refractivity contribution in [3.8, 4) is 0 Å². The van der Waals surface area contributed by atoms with Gasteiger partial charge in [0.2, 0.25) is 0 Å². The maximum Gasteiger partial charge on any atom is 0.0167 e. The van der Waals surface area contributed by atoms with Gasteiger partial charge in [0.1, 0.15) is 0 Å². The molecule has 1 aliphatic rings. The van der Waals surface area contributed by atoms with Gasteiger partial charge in [0.15, 0.2) is 0 Å². The molecule has 1 saturated carbocycles. The number of hydrogen-bond acceptors (Lipinski definition) is 2. The highest BCUT2D eigenvalue weighted by molar-refractivity contribution is 4.98. The highest BCUT2D eigenvalue weighted by Gasteiger charge is 2.36. The van der Waals surface area contributed by atoms with Crippen LogP contribution >= 0.6 is 0 Å². The van der Waals surface area contributed by atoms with Crippen molar-refractivity contribution in [2.45, 2.75) is 24.8 Å². The first-order valence-corrected chi connectivity index (χ1v) is 3.20. The molecule has 2 nitrogen and oxygen atoms in total. The van der Waals surface area contributed by atoms with E-state index in [1.807, 2.05) is 7.05 Å². The third-order valence-corrected chi connectivity index (χ3v) is 1.77. The van der Waals surface area contributed by atoms with E-state index in [9.17, 15) is 0 Å². The van der Waals surface area contributed by atoms with Gasteiger partial charge in [-0.25, -0.2) is 0 Å². The first-order valence-electron chi connectivity index (χ1n) is 3.20. The molecule has 1 aliphatic carbocycles. The van der Waals surface area contributed by atoms with Crippen LogP contribution in [0.15, 0.2) is 0 Å². The molecule has 48 valence electrons. The second-order valence-electron chi connectivity index (χ2n) is 2.72. The molecule has 0 radical (unpaired) electrons. The smallest absolute Gasteiger partial charge is 0.0167 e. The number of nitrogens with one attached hydrogen (secondary N) is 1. The zero-order valence-corrected chi connectivity index (χ0v) is 5.41. The third kappa shape index (κ3) is 1.46. The van der Waals surface area contributed by atoms with E-state index >= 15 is 0 Å². The topological polar surface area (TPSA) is 38.0 Å². The molecule has 0 bridgehead atoms. The predicted molar refractivity (Wildman–Crippen MR) is 34.7 cm³/mol. The molecule has 2 heteroatoms. The van der Waals surface area contributed by atoms with Crippen molar-refractivity contribution in [2.75, 3.05) is 13.6 Å². The van der Waals surface area contributed by atoms with Gasteiger partial charge in [-0.15, -0.1) is 0 Å². The van der Waals surface area contributed by atoms with E-state index in [-0.39, 0.29) is 5.54 Å². The Labute approximate surface area is 50.4 Å². The molecule has 8 heavy (non-hydrogen) atoms. The molecule has 0 aromatic heterocycles. The second-order valence-corrected chi connectivity index (χ2v) is 2.72. The Kier molecular flexibility index (Phi) is 1.54. The van der Waals surface area contributed by atoms with E-state index in [4.69, 9.17) is 5.73 Å². The molecule has 0 amide bonds. The fourth-order valence-electron chi connectivity index (χ4n) is 0.785. The zero-order chi connectivity index (χ0) is 6.04. The number of nitrogens with two attached hydrogens (primary N) is 1. The van der Waals surface area contributed by atoms with Crippen LogP contribution in [0.3, 0.4) is 0 Å². The van der Waals surface area contributed by atoms with E-state index in [0.29, 0.717) is 0 Å². The molecule has 0 heterocycles. The summed E-state index contributed by atoms with van der Waals surface area (Å²) >= 11 is 0. The molecule has 0 unspecified atom stereocenters. The van der Waals surface area contributed by atoms with Crippen molar-refractivity contribution in [3.63, 3.8) is 0 Å². The maximum absolute atomic E-state index is 5.79. The fourth-order valence-corrected chi connectivity index (χ4v) is 0.785. The molecular weight excluding hydrogens is 100 g/mol. The average Bonchev–Trinajstić information content (AvgIpc) is 2.45. The first kappa shape index (κ1) is 6.05. The normalized spacial score (nSPS) is 23.2. The van der Waals surface area contributed by atoms with Gasteiger partial charge in [-0.3, -0.25) is 0 Å². The van der Waals surface area contributed by atoms with Crippen LogP contribution in [-0.4, -0.2) is 19.1 Å². The summed E-state index contributed by atoms with van der Waals surface area (Å²) in [6, 6.07) is 0. The molecule has 0 atom stereocenters. The Morgan fingerprint density at radius 2 is 2.25 bits per heavy atom. The Morgan fingerprint density at radius 1 is 1.62 bits per heavy atom. The summed E-state index contributed by atoms with van der Waals surface area (Å²) < 4.78 is 0. The second kappa shape index (κ2) is 2.03. The van der Waals surface area contributed by atoms with Crippen LogP contribution in [0.25, 0.3) is 0 Å². The molecule has 0 aliphatic heterocycles. The largest absolute Gasteiger partial charge is 0.325 e. The minimum Gasteiger partial charge on any atom is -0.325 e. The monoisotopic (exact) mass is 114 g/mol. The van der Waals surface area contributed by atoms with E-state index in [1.54, 1.807) is 0 Å². The highest BCUT2D eigenvalue weighted by atomic mass is 14.9. The molecule has 0 saturated heterocycles. The van der Waals surface area contributed by atoms with Crippen LogP contribution in [0.4, 0.5) is 0 Å².